The van der Waals surface area contributed by atoms with Crippen molar-refractivity contribution in [2.24, 2.45) is 0 Å². The van der Waals surface area contributed by atoms with Gasteiger partial charge in [0.25, 0.3) is 0 Å². The van der Waals surface area contributed by atoms with Gasteiger partial charge >= 0.3 is 7.82 Å². The lowest BCUT2D eigenvalue weighted by molar-refractivity contribution is -0.409. The molecule has 2 rings (SSSR count). The molecule has 7 atom stereocenters. The van der Waals surface area contributed by atoms with Crippen LogP contribution in [0.25, 0.3) is 0 Å². The second-order valence-electron chi connectivity index (χ2n) is 3.70. The average Bonchev–Trinajstić information content (AvgIpc) is 2.29. The minimum atomic E-state index is -4.81. The molecule has 0 spiro atoms. The van der Waals surface area contributed by atoms with Crippen LogP contribution in [0.2, 0.25) is 0 Å². The van der Waals surface area contributed by atoms with Gasteiger partial charge in [0.15, 0.2) is 0 Å². The van der Waals surface area contributed by atoms with Gasteiger partial charge in [-0.2, -0.15) is 0 Å². The first kappa shape index (κ1) is 13.3. The molecule has 17 heavy (non-hydrogen) atoms. The van der Waals surface area contributed by atoms with Crippen molar-refractivity contribution in [1.29, 1.82) is 0 Å². The number of fused-ring (bicyclic) bond motifs is 2. The molecule has 2 bridgehead atoms. The van der Waals surface area contributed by atoms with Crippen LogP contribution in [-0.2, 0) is 18.3 Å². The quantitative estimate of drug-likeness (QED) is 0.245. The van der Waals surface area contributed by atoms with E-state index in [0.717, 1.165) is 0 Å². The molecule has 0 saturated carbocycles. The van der Waals surface area contributed by atoms with Gasteiger partial charge in [-0.15, -0.1) is 0 Å². The molecular formula is C6H11O10P. The second kappa shape index (κ2) is 3.93. The van der Waals surface area contributed by atoms with Gasteiger partial charge < -0.3 is 35.2 Å². The first-order valence-electron chi connectivity index (χ1n) is 4.49. The van der Waals surface area contributed by atoms with Crippen LogP contribution in [0, 0.1) is 0 Å². The topological polar surface area (TPSA) is 166 Å². The molecular weight excluding hydrogens is 263 g/mol. The third-order valence-corrected chi connectivity index (χ3v) is 3.45. The Hall–Kier alpha value is -0.130. The van der Waals surface area contributed by atoms with Crippen LogP contribution < -0.4 is 0 Å². The Morgan fingerprint density at radius 3 is 2.24 bits per heavy atom. The number of phosphoric ester groups is 1. The molecule has 2 aliphatic heterocycles. The van der Waals surface area contributed by atoms with E-state index in [0.29, 0.717) is 0 Å². The Bertz CT molecular complexity index is 361. The summed E-state index contributed by atoms with van der Waals surface area (Å²) in [4.78, 5) is 9.06. The SMILES string of the molecule is O=P1(O)OC2O[C@@](O)(C(O)O1)[C@@H](O)[C@H](O)[C@@H]2O. The van der Waals surface area contributed by atoms with Gasteiger partial charge in [0.05, 0.1) is 0 Å². The van der Waals surface area contributed by atoms with Crippen LogP contribution in [0.5, 0.6) is 0 Å². The third-order valence-electron chi connectivity index (χ3n) is 2.50. The second-order valence-corrected chi connectivity index (χ2v) is 5.05. The molecule has 0 aromatic rings. The highest BCUT2D eigenvalue weighted by Crippen LogP contribution is 2.52. The van der Waals surface area contributed by atoms with Crippen molar-refractivity contribution in [2.75, 3.05) is 0 Å². The van der Waals surface area contributed by atoms with Crippen molar-refractivity contribution in [3.05, 3.63) is 0 Å². The Balaban J connectivity index is 2.42. The summed E-state index contributed by atoms with van der Waals surface area (Å²) in [6.45, 7) is 0. The number of rotatable bonds is 0. The van der Waals surface area contributed by atoms with Crippen LogP contribution in [0.1, 0.15) is 0 Å². The fourth-order valence-electron chi connectivity index (χ4n) is 1.56. The Labute approximate surface area is 94.2 Å². The summed E-state index contributed by atoms with van der Waals surface area (Å²) in [7, 11) is -4.81. The molecule has 2 saturated heterocycles. The van der Waals surface area contributed by atoms with E-state index in [4.69, 9.17) is 4.89 Å². The van der Waals surface area contributed by atoms with Gasteiger partial charge in [-0.25, -0.2) is 4.57 Å². The minimum Gasteiger partial charge on any atom is -0.387 e. The van der Waals surface area contributed by atoms with E-state index in [1.165, 1.54) is 0 Å². The molecule has 0 radical (unpaired) electrons. The summed E-state index contributed by atoms with van der Waals surface area (Å²) in [6, 6.07) is 0. The highest BCUT2D eigenvalue weighted by molar-refractivity contribution is 7.47. The van der Waals surface area contributed by atoms with Crippen molar-refractivity contribution >= 4 is 7.82 Å². The predicted molar refractivity (Wildman–Crippen MR) is 45.8 cm³/mol. The summed E-state index contributed by atoms with van der Waals surface area (Å²) in [6.07, 6.45) is -10.4. The molecule has 100 valence electrons. The van der Waals surface area contributed by atoms with Crippen molar-refractivity contribution < 1.29 is 48.8 Å². The maximum Gasteiger partial charge on any atom is 0.477 e. The fourth-order valence-corrected chi connectivity index (χ4v) is 2.45. The largest absolute Gasteiger partial charge is 0.477 e. The molecule has 11 heteroatoms. The van der Waals surface area contributed by atoms with Gasteiger partial charge in [0.1, 0.15) is 18.3 Å². The zero-order valence-corrected chi connectivity index (χ0v) is 9.04. The Morgan fingerprint density at radius 2 is 1.65 bits per heavy atom. The van der Waals surface area contributed by atoms with E-state index in [2.05, 4.69) is 13.8 Å². The third kappa shape index (κ3) is 2.02. The number of phosphoric acid groups is 1. The first-order chi connectivity index (χ1) is 7.67. The van der Waals surface area contributed by atoms with Crippen molar-refractivity contribution in [2.45, 2.75) is 36.7 Å². The first-order valence-corrected chi connectivity index (χ1v) is 5.99. The smallest absolute Gasteiger partial charge is 0.387 e. The Kier molecular flexibility index (Phi) is 3.08. The molecule has 0 aromatic carbocycles. The standard InChI is InChI=1S/C6H11O10P/c7-1-2(8)4-14-6(11,3(1)9)5(10)16-17(12,13)15-4/h1-5,7-11H,(H,12,13)/t1-,2+,3+,4?,5?,6-/m1/s1. The van der Waals surface area contributed by atoms with Gasteiger partial charge in [0, 0.05) is 0 Å². The molecule has 0 aliphatic carbocycles. The van der Waals surface area contributed by atoms with E-state index >= 15 is 0 Å². The summed E-state index contributed by atoms with van der Waals surface area (Å²) < 4.78 is 24.1. The van der Waals surface area contributed by atoms with Crippen molar-refractivity contribution in [3.63, 3.8) is 0 Å². The molecule has 3 unspecified atom stereocenters. The average molecular weight is 274 g/mol. The fraction of sp³-hybridized carbons (Fsp3) is 1.00. The van der Waals surface area contributed by atoms with Gasteiger partial charge in [-0.05, 0) is 0 Å². The summed E-state index contributed by atoms with van der Waals surface area (Å²) in [5, 5.41) is 47.2. The number of aliphatic hydroxyl groups excluding tert-OH is 4. The lowest BCUT2D eigenvalue weighted by atomic mass is 9.95. The molecule has 0 aromatic heterocycles. The van der Waals surface area contributed by atoms with E-state index in [-0.39, 0.29) is 0 Å². The van der Waals surface area contributed by atoms with Crippen molar-refractivity contribution in [3.8, 4) is 0 Å². The van der Waals surface area contributed by atoms with Crippen LogP contribution in [0.15, 0.2) is 0 Å². The number of ether oxygens (including phenoxy) is 1. The number of hydrogen-bond acceptors (Lipinski definition) is 9. The lowest BCUT2D eigenvalue weighted by Crippen LogP contribution is -2.68. The molecule has 10 nitrogen and oxygen atoms in total. The zero-order valence-electron chi connectivity index (χ0n) is 8.15. The maximum absolute atomic E-state index is 11.2. The molecule has 2 aliphatic rings. The monoisotopic (exact) mass is 274 g/mol. The van der Waals surface area contributed by atoms with E-state index in [1.54, 1.807) is 0 Å². The van der Waals surface area contributed by atoms with E-state index in [9.17, 15) is 30.1 Å². The molecule has 2 fully saturated rings. The summed E-state index contributed by atoms with van der Waals surface area (Å²) in [5.74, 6) is -2.89. The summed E-state index contributed by atoms with van der Waals surface area (Å²) >= 11 is 0. The lowest BCUT2D eigenvalue weighted by Gasteiger charge is -2.43. The van der Waals surface area contributed by atoms with Crippen LogP contribution >= 0.6 is 7.82 Å². The zero-order chi connectivity index (χ0) is 13.0. The van der Waals surface area contributed by atoms with E-state index < -0.39 is 44.5 Å². The molecule has 0 amide bonds. The van der Waals surface area contributed by atoms with Crippen molar-refractivity contribution in [1.82, 2.24) is 0 Å². The summed E-state index contributed by atoms with van der Waals surface area (Å²) in [5.41, 5.74) is 0. The van der Waals surface area contributed by atoms with Gasteiger partial charge in [-0.1, -0.05) is 0 Å². The predicted octanol–water partition coefficient (Wildman–Crippen LogP) is -3.42. The molecule has 6 N–H and O–H groups in total. The van der Waals surface area contributed by atoms with Crippen LogP contribution in [-0.4, -0.2) is 67.1 Å². The van der Waals surface area contributed by atoms with Crippen LogP contribution in [0.4, 0.5) is 0 Å². The van der Waals surface area contributed by atoms with Gasteiger partial charge in [-0.3, -0.25) is 9.05 Å². The molecule has 2 heterocycles. The minimum absolute atomic E-state index is 1.90. The highest BCUT2D eigenvalue weighted by Gasteiger charge is 2.62. The maximum atomic E-state index is 11.2. The highest BCUT2D eigenvalue weighted by atomic mass is 31.2. The Morgan fingerprint density at radius 1 is 1.06 bits per heavy atom. The van der Waals surface area contributed by atoms with E-state index in [1.807, 2.05) is 0 Å². The van der Waals surface area contributed by atoms with Gasteiger partial charge in [0.2, 0.25) is 18.4 Å². The number of hydrogen-bond donors (Lipinski definition) is 6. The normalized spacial score (nSPS) is 59.8. The van der Waals surface area contributed by atoms with Crippen LogP contribution in [0.3, 0.4) is 0 Å². The number of aliphatic hydroxyl groups is 5.